The van der Waals surface area contributed by atoms with Crippen LogP contribution in [-0.2, 0) is 6.61 Å². The van der Waals surface area contributed by atoms with Crippen molar-refractivity contribution < 1.29 is 20.0 Å². The van der Waals surface area contributed by atoms with Gasteiger partial charge in [-0.25, -0.2) is 5.21 Å². The molecular weight excluding hydrogens is 174 g/mol. The molecule has 0 amide bonds. The summed E-state index contributed by atoms with van der Waals surface area (Å²) in [6.07, 6.45) is 0. The average Bonchev–Trinajstić information content (AvgIpc) is 2.16. The minimum absolute atomic E-state index is 0.0639. The Morgan fingerprint density at radius 1 is 1.54 bits per heavy atom. The van der Waals surface area contributed by atoms with Crippen molar-refractivity contribution in [2.75, 3.05) is 7.11 Å². The van der Waals surface area contributed by atoms with Crippen molar-refractivity contribution in [2.24, 2.45) is 0 Å². The van der Waals surface area contributed by atoms with Crippen LogP contribution in [0, 0.1) is 4.91 Å². The lowest BCUT2D eigenvalue weighted by molar-refractivity contribution is -0.729. The van der Waals surface area contributed by atoms with Gasteiger partial charge in [-0.05, 0) is 6.07 Å². The lowest BCUT2D eigenvalue weighted by Gasteiger charge is -2.03. The van der Waals surface area contributed by atoms with Crippen molar-refractivity contribution in [3.8, 4) is 5.75 Å². The third-order valence-corrected chi connectivity index (χ3v) is 1.66. The van der Waals surface area contributed by atoms with Crippen LogP contribution in [0.2, 0.25) is 0 Å². The highest BCUT2D eigenvalue weighted by atomic mass is 16.6. The summed E-state index contributed by atoms with van der Waals surface area (Å²) in [6, 6.07) is 4.24. The van der Waals surface area contributed by atoms with Crippen molar-refractivity contribution >= 4 is 5.69 Å². The van der Waals surface area contributed by atoms with Gasteiger partial charge in [-0.3, -0.25) is 0 Å². The Bertz CT molecular complexity index is 324. The van der Waals surface area contributed by atoms with Crippen LogP contribution in [0.3, 0.4) is 0 Å². The van der Waals surface area contributed by atoms with Crippen molar-refractivity contribution in [1.82, 2.24) is 0 Å². The minimum Gasteiger partial charge on any atom is -0.496 e. The van der Waals surface area contributed by atoms with Gasteiger partial charge in [-0.2, -0.15) is 0 Å². The molecule has 0 aliphatic carbocycles. The molecule has 0 saturated carbocycles. The highest BCUT2D eigenvalue weighted by molar-refractivity contribution is 5.43. The molecule has 70 valence electrons. The largest absolute Gasteiger partial charge is 0.496 e. The zero-order valence-corrected chi connectivity index (χ0v) is 7.10. The third-order valence-electron chi connectivity index (χ3n) is 1.66. The molecule has 0 aliphatic heterocycles. The van der Waals surface area contributed by atoms with Crippen LogP contribution in [0.1, 0.15) is 5.56 Å². The lowest BCUT2D eigenvalue weighted by atomic mass is 10.2. The number of hydrogen-bond donors (Lipinski definition) is 2. The quantitative estimate of drug-likeness (QED) is 0.687. The number of ether oxygens (including phenoxy) is 1. The zero-order chi connectivity index (χ0) is 9.84. The van der Waals surface area contributed by atoms with E-state index < -0.39 is 0 Å². The fourth-order valence-corrected chi connectivity index (χ4v) is 0.983. The fraction of sp³-hybridized carbons (Fsp3) is 0.250. The van der Waals surface area contributed by atoms with E-state index in [2.05, 4.69) is 0 Å². The molecule has 0 spiro atoms. The Morgan fingerprint density at radius 2 is 2.23 bits per heavy atom. The molecule has 1 aromatic carbocycles. The van der Waals surface area contributed by atoms with Crippen LogP contribution in [0.15, 0.2) is 18.2 Å². The smallest absolute Gasteiger partial charge is 0.320 e. The number of benzene rings is 1. The van der Waals surface area contributed by atoms with Gasteiger partial charge >= 0.3 is 5.69 Å². The van der Waals surface area contributed by atoms with Gasteiger partial charge in [0.15, 0.2) is 0 Å². The van der Waals surface area contributed by atoms with Crippen molar-refractivity contribution in [2.45, 2.75) is 6.61 Å². The topological polar surface area (TPSA) is 69.8 Å². The Balaban J connectivity index is 3.13. The molecule has 0 unspecified atom stereocenters. The SMILES string of the molecule is COc1cc([N+](=O)O)ccc1CO. The molecule has 5 heteroatoms. The maximum absolute atomic E-state index is 10.5. The molecule has 2 N–H and O–H groups in total. The normalized spacial score (nSPS) is 9.69. The first-order valence-corrected chi connectivity index (χ1v) is 3.63. The van der Waals surface area contributed by atoms with Gasteiger partial charge in [0.1, 0.15) is 5.75 Å². The van der Waals surface area contributed by atoms with Crippen LogP contribution in [0.4, 0.5) is 5.69 Å². The Labute approximate surface area is 74.7 Å². The number of aliphatic hydroxyl groups is 1. The molecule has 1 aromatic rings. The van der Waals surface area contributed by atoms with E-state index in [1.54, 1.807) is 0 Å². The second-order valence-electron chi connectivity index (χ2n) is 2.43. The Hall–Kier alpha value is -1.62. The number of hydrogen-bond acceptors (Lipinski definition) is 3. The van der Waals surface area contributed by atoms with E-state index >= 15 is 0 Å². The van der Waals surface area contributed by atoms with Gasteiger partial charge in [-0.15, -0.1) is 0 Å². The zero-order valence-electron chi connectivity index (χ0n) is 7.10. The second kappa shape index (κ2) is 3.86. The summed E-state index contributed by atoms with van der Waals surface area (Å²) in [5.74, 6) is 0.370. The highest BCUT2D eigenvalue weighted by Crippen LogP contribution is 2.23. The fourth-order valence-electron chi connectivity index (χ4n) is 0.983. The Morgan fingerprint density at radius 3 is 2.69 bits per heavy atom. The van der Waals surface area contributed by atoms with Gasteiger partial charge in [-0.1, -0.05) is 0 Å². The van der Waals surface area contributed by atoms with Gasteiger partial charge in [0.05, 0.1) is 24.7 Å². The standard InChI is InChI=1S/C8H10NO4/c1-13-8-4-7(9(11)12)3-2-6(8)5-10/h2-4,10H,5H2,1H3,(H,11,12)/q+1. The average molecular weight is 184 g/mol. The van der Waals surface area contributed by atoms with E-state index in [1.807, 2.05) is 0 Å². The molecule has 0 heterocycles. The number of rotatable bonds is 3. The minimum atomic E-state index is -0.260. The number of methoxy groups -OCH3 is 1. The first kappa shape index (κ1) is 9.47. The molecule has 13 heavy (non-hydrogen) atoms. The van der Waals surface area contributed by atoms with E-state index in [0.29, 0.717) is 11.3 Å². The molecule has 5 nitrogen and oxygen atoms in total. The molecule has 0 aromatic heterocycles. The van der Waals surface area contributed by atoms with Gasteiger partial charge in [0, 0.05) is 11.6 Å². The van der Waals surface area contributed by atoms with Gasteiger partial charge < -0.3 is 9.84 Å². The van der Waals surface area contributed by atoms with E-state index in [9.17, 15) is 4.91 Å². The lowest BCUT2D eigenvalue weighted by Crippen LogP contribution is -1.96. The molecule has 0 atom stereocenters. The van der Waals surface area contributed by atoms with E-state index in [-0.39, 0.29) is 17.2 Å². The summed E-state index contributed by atoms with van der Waals surface area (Å²) in [6.45, 7) is -0.173. The van der Waals surface area contributed by atoms with Crippen LogP contribution in [-0.4, -0.2) is 22.3 Å². The van der Waals surface area contributed by atoms with Crippen LogP contribution < -0.4 is 4.74 Å². The molecule has 0 aliphatic rings. The van der Waals surface area contributed by atoms with Crippen molar-refractivity contribution in [3.63, 3.8) is 0 Å². The molecule has 0 saturated heterocycles. The first-order chi connectivity index (χ1) is 6.19. The predicted octanol–water partition coefficient (Wildman–Crippen LogP) is 0.987. The van der Waals surface area contributed by atoms with E-state index in [4.69, 9.17) is 15.1 Å². The summed E-state index contributed by atoms with van der Waals surface area (Å²) >= 11 is 0. The number of aliphatic hydroxyl groups excluding tert-OH is 1. The van der Waals surface area contributed by atoms with Crippen LogP contribution in [0.25, 0.3) is 0 Å². The third kappa shape index (κ3) is 1.94. The van der Waals surface area contributed by atoms with Gasteiger partial charge in [0.25, 0.3) is 4.92 Å². The predicted molar refractivity (Wildman–Crippen MR) is 44.0 cm³/mol. The number of nitrogens with zero attached hydrogens (tertiary/aromatic N) is 1. The summed E-state index contributed by atoms with van der Waals surface area (Å²) < 4.78 is 4.89. The molecule has 0 radical (unpaired) electrons. The maximum atomic E-state index is 10.5. The second-order valence-corrected chi connectivity index (χ2v) is 2.43. The Kier molecular flexibility index (Phi) is 2.81. The molecular formula is C8H10NO4+. The van der Waals surface area contributed by atoms with Crippen LogP contribution in [0.5, 0.6) is 5.75 Å². The molecule has 1 rings (SSSR count). The van der Waals surface area contributed by atoms with Crippen molar-refractivity contribution in [1.29, 1.82) is 0 Å². The van der Waals surface area contributed by atoms with Gasteiger partial charge in [0.2, 0.25) is 0 Å². The van der Waals surface area contributed by atoms with Crippen molar-refractivity contribution in [3.05, 3.63) is 28.7 Å². The summed E-state index contributed by atoms with van der Waals surface area (Å²) in [5, 5.41) is 17.4. The summed E-state index contributed by atoms with van der Waals surface area (Å²) in [4.78, 5) is 10.2. The maximum Gasteiger partial charge on any atom is 0.320 e. The molecule has 0 fully saturated rings. The monoisotopic (exact) mass is 184 g/mol. The molecule has 0 bridgehead atoms. The first-order valence-electron chi connectivity index (χ1n) is 3.63. The van der Waals surface area contributed by atoms with E-state index in [0.717, 1.165) is 0 Å². The van der Waals surface area contributed by atoms with E-state index in [1.165, 1.54) is 25.3 Å². The summed E-state index contributed by atoms with van der Waals surface area (Å²) in [5.41, 5.74) is 0.627. The van der Waals surface area contributed by atoms with Crippen LogP contribution >= 0.6 is 0 Å². The highest BCUT2D eigenvalue weighted by Gasteiger charge is 2.14. The summed E-state index contributed by atoms with van der Waals surface area (Å²) in [7, 11) is 1.42.